The molecule has 0 aromatic heterocycles. The number of phenolic OH excluding ortho intramolecular Hbond substituents is 1. The molecule has 1 aliphatic rings. The molecule has 1 aliphatic heterocycles. The second kappa shape index (κ2) is 4.16. The minimum Gasteiger partial charge on any atom is -0.508 e. The molecule has 4 nitrogen and oxygen atoms in total. The van der Waals surface area contributed by atoms with Gasteiger partial charge in [0, 0.05) is 5.57 Å². The van der Waals surface area contributed by atoms with E-state index in [1.54, 1.807) is 36.4 Å². The predicted molar refractivity (Wildman–Crippen MR) is 55.5 cm³/mol. The molecular formula is C11H11NO3. The number of aliphatic hydroxyl groups excluding tert-OH is 1. The molecule has 78 valence electrons. The zero-order valence-corrected chi connectivity index (χ0v) is 7.92. The highest BCUT2D eigenvalue weighted by Gasteiger charge is 2.11. The highest BCUT2D eigenvalue weighted by Crippen LogP contribution is 2.15. The molecule has 2 rings (SSSR count). The van der Waals surface area contributed by atoms with E-state index < -0.39 is 6.23 Å². The second-order valence-corrected chi connectivity index (χ2v) is 3.18. The number of hydroxylamine groups is 1. The van der Waals surface area contributed by atoms with Crippen LogP contribution in [0.2, 0.25) is 0 Å². The molecule has 1 heterocycles. The van der Waals surface area contributed by atoms with Crippen LogP contribution in [0.3, 0.4) is 0 Å². The third kappa shape index (κ3) is 2.37. The summed E-state index contributed by atoms with van der Waals surface area (Å²) in [6, 6.07) is 6.71. The summed E-state index contributed by atoms with van der Waals surface area (Å²) < 4.78 is 0. The summed E-state index contributed by atoms with van der Waals surface area (Å²) in [5, 5.41) is 18.6. The Labute approximate surface area is 87.1 Å². The van der Waals surface area contributed by atoms with Crippen LogP contribution in [0.4, 0.5) is 0 Å². The molecule has 0 aliphatic carbocycles. The molecule has 0 bridgehead atoms. The first-order valence-corrected chi connectivity index (χ1v) is 4.52. The number of hydrogen-bond donors (Lipinski definition) is 3. The van der Waals surface area contributed by atoms with Crippen LogP contribution in [0, 0.1) is 0 Å². The van der Waals surface area contributed by atoms with Gasteiger partial charge in [-0.25, -0.2) is 0 Å². The number of phenols is 1. The van der Waals surface area contributed by atoms with Crippen molar-refractivity contribution in [3.63, 3.8) is 0 Å². The third-order valence-corrected chi connectivity index (χ3v) is 2.05. The topological polar surface area (TPSA) is 61.7 Å². The quantitative estimate of drug-likeness (QED) is 0.643. The summed E-state index contributed by atoms with van der Waals surface area (Å²) in [6.45, 7) is 0. The van der Waals surface area contributed by atoms with Crippen LogP contribution in [0.15, 0.2) is 42.2 Å². The first-order chi connectivity index (χ1) is 7.25. The normalized spacial score (nSPS) is 22.7. The van der Waals surface area contributed by atoms with E-state index in [0.717, 1.165) is 5.56 Å². The Bertz CT molecular complexity index is 395. The van der Waals surface area contributed by atoms with Gasteiger partial charge in [-0.05, 0) is 29.8 Å². The molecule has 0 saturated heterocycles. The van der Waals surface area contributed by atoms with Crippen LogP contribution < -0.4 is 5.48 Å². The molecular weight excluding hydrogens is 194 g/mol. The summed E-state index contributed by atoms with van der Waals surface area (Å²) in [7, 11) is 0. The summed E-state index contributed by atoms with van der Waals surface area (Å²) in [5.41, 5.74) is 4.01. The molecule has 15 heavy (non-hydrogen) atoms. The van der Waals surface area contributed by atoms with Crippen molar-refractivity contribution in [1.29, 1.82) is 0 Å². The van der Waals surface area contributed by atoms with E-state index in [9.17, 15) is 5.11 Å². The maximum atomic E-state index is 9.48. The van der Waals surface area contributed by atoms with Gasteiger partial charge in [-0.3, -0.25) is 0 Å². The zero-order valence-electron chi connectivity index (χ0n) is 7.92. The van der Waals surface area contributed by atoms with Gasteiger partial charge in [-0.15, -0.1) is 5.48 Å². The van der Waals surface area contributed by atoms with Gasteiger partial charge in [0.15, 0.2) is 6.23 Å². The lowest BCUT2D eigenvalue weighted by molar-refractivity contribution is 0.00542. The third-order valence-electron chi connectivity index (χ3n) is 2.05. The summed E-state index contributed by atoms with van der Waals surface area (Å²) in [6.07, 6.45) is 4.10. The van der Waals surface area contributed by atoms with Crippen molar-refractivity contribution in [3.05, 3.63) is 47.7 Å². The van der Waals surface area contributed by atoms with E-state index in [-0.39, 0.29) is 5.75 Å². The van der Waals surface area contributed by atoms with E-state index in [4.69, 9.17) is 9.94 Å². The Morgan fingerprint density at radius 2 is 2.00 bits per heavy atom. The van der Waals surface area contributed by atoms with Crippen molar-refractivity contribution in [2.45, 2.75) is 6.23 Å². The Kier molecular flexibility index (Phi) is 2.71. The van der Waals surface area contributed by atoms with Gasteiger partial charge in [-0.2, -0.15) is 0 Å². The molecule has 0 spiro atoms. The summed E-state index contributed by atoms with van der Waals surface area (Å²) >= 11 is 0. The minimum absolute atomic E-state index is 0.221. The Hall–Kier alpha value is -1.78. The predicted octanol–water partition coefficient (Wildman–Crippen LogP) is 1.14. The first-order valence-electron chi connectivity index (χ1n) is 4.52. The Morgan fingerprint density at radius 3 is 2.67 bits per heavy atom. The van der Waals surface area contributed by atoms with Crippen LogP contribution in [0.25, 0.3) is 6.08 Å². The van der Waals surface area contributed by atoms with Gasteiger partial charge in [-0.1, -0.05) is 12.1 Å². The van der Waals surface area contributed by atoms with Crippen molar-refractivity contribution >= 4 is 6.08 Å². The van der Waals surface area contributed by atoms with Gasteiger partial charge < -0.3 is 15.1 Å². The van der Waals surface area contributed by atoms with Crippen LogP contribution in [0.1, 0.15) is 5.56 Å². The zero-order chi connectivity index (χ0) is 10.7. The van der Waals surface area contributed by atoms with Gasteiger partial charge in [0.2, 0.25) is 0 Å². The first kappa shape index (κ1) is 9.76. The minimum atomic E-state index is -0.830. The number of aromatic hydroxyl groups is 1. The maximum Gasteiger partial charge on any atom is 0.162 e. The molecule has 4 heteroatoms. The van der Waals surface area contributed by atoms with Crippen molar-refractivity contribution in [3.8, 4) is 5.75 Å². The van der Waals surface area contributed by atoms with E-state index >= 15 is 0 Å². The highest BCUT2D eigenvalue weighted by atomic mass is 16.7. The summed E-state index contributed by atoms with van der Waals surface area (Å²) in [4.78, 5) is 4.71. The second-order valence-electron chi connectivity index (χ2n) is 3.18. The lowest BCUT2D eigenvalue weighted by atomic mass is 10.1. The van der Waals surface area contributed by atoms with Crippen LogP contribution in [-0.4, -0.2) is 16.4 Å². The molecule has 0 radical (unpaired) electrons. The number of benzene rings is 1. The average Bonchev–Trinajstić information content (AvgIpc) is 2.25. The summed E-state index contributed by atoms with van der Waals surface area (Å²) in [5.74, 6) is 0.221. The fourth-order valence-electron chi connectivity index (χ4n) is 1.27. The number of aliphatic hydroxyl groups is 1. The van der Waals surface area contributed by atoms with Gasteiger partial charge in [0.1, 0.15) is 12.0 Å². The molecule has 1 aromatic carbocycles. The average molecular weight is 205 g/mol. The monoisotopic (exact) mass is 205 g/mol. The maximum absolute atomic E-state index is 9.48. The fraction of sp³-hybridized carbons (Fsp3) is 0.0909. The van der Waals surface area contributed by atoms with Crippen molar-refractivity contribution < 1.29 is 15.1 Å². The van der Waals surface area contributed by atoms with E-state index in [0.29, 0.717) is 5.57 Å². The van der Waals surface area contributed by atoms with Crippen molar-refractivity contribution in [1.82, 2.24) is 5.48 Å². The number of nitrogens with one attached hydrogen (secondary N) is 1. The van der Waals surface area contributed by atoms with Crippen LogP contribution >= 0.6 is 0 Å². The Balaban J connectivity index is 2.25. The lowest BCUT2D eigenvalue weighted by Gasteiger charge is -2.17. The van der Waals surface area contributed by atoms with Gasteiger partial charge in [0.05, 0.1) is 0 Å². The molecule has 1 aromatic rings. The van der Waals surface area contributed by atoms with Crippen molar-refractivity contribution in [2.75, 3.05) is 0 Å². The molecule has 0 fully saturated rings. The van der Waals surface area contributed by atoms with Crippen molar-refractivity contribution in [2.24, 2.45) is 0 Å². The molecule has 0 amide bonds. The highest BCUT2D eigenvalue weighted by molar-refractivity contribution is 5.57. The number of hydrogen-bond acceptors (Lipinski definition) is 4. The van der Waals surface area contributed by atoms with E-state index in [2.05, 4.69) is 5.48 Å². The van der Waals surface area contributed by atoms with Crippen LogP contribution in [-0.2, 0) is 4.84 Å². The van der Waals surface area contributed by atoms with Gasteiger partial charge >= 0.3 is 0 Å². The Morgan fingerprint density at radius 1 is 1.27 bits per heavy atom. The smallest absolute Gasteiger partial charge is 0.162 e. The van der Waals surface area contributed by atoms with E-state index in [1.807, 2.05) is 0 Å². The van der Waals surface area contributed by atoms with Gasteiger partial charge in [0.25, 0.3) is 0 Å². The molecule has 0 saturated carbocycles. The van der Waals surface area contributed by atoms with Crippen LogP contribution in [0.5, 0.6) is 5.75 Å². The molecule has 3 N–H and O–H groups in total. The number of rotatable bonds is 1. The lowest BCUT2D eigenvalue weighted by Crippen LogP contribution is -2.31. The van der Waals surface area contributed by atoms with E-state index in [1.165, 1.54) is 6.26 Å². The molecule has 1 atom stereocenters. The molecule has 1 unspecified atom stereocenters. The SMILES string of the molecule is Oc1ccc(/C=C2\C=CONC2O)cc1. The standard InChI is InChI=1S/C11H11NO3/c13-10-3-1-8(2-4-10)7-9-5-6-15-12-11(9)14/h1-7,11-14H/b9-7+. The largest absolute Gasteiger partial charge is 0.508 e. The fourth-order valence-corrected chi connectivity index (χ4v) is 1.27.